The van der Waals surface area contributed by atoms with E-state index >= 15 is 0 Å². The van der Waals surface area contributed by atoms with Gasteiger partial charge in [0.2, 0.25) is 0 Å². The predicted molar refractivity (Wildman–Crippen MR) is 127 cm³/mol. The van der Waals surface area contributed by atoms with Crippen LogP contribution in [0.25, 0.3) is 0 Å². The number of aryl methyl sites for hydroxylation is 1. The zero-order valence-corrected chi connectivity index (χ0v) is 19.3. The van der Waals surface area contributed by atoms with Gasteiger partial charge in [0, 0.05) is 31.6 Å². The van der Waals surface area contributed by atoms with Gasteiger partial charge in [0.15, 0.2) is 11.8 Å². The van der Waals surface area contributed by atoms with Gasteiger partial charge in [-0.3, -0.25) is 4.79 Å². The molecule has 1 N–H and O–H groups in total. The highest BCUT2D eigenvalue weighted by Crippen LogP contribution is 2.44. The summed E-state index contributed by atoms with van der Waals surface area (Å²) in [5, 5.41) is 7.13. The van der Waals surface area contributed by atoms with E-state index in [2.05, 4.69) is 28.3 Å². The van der Waals surface area contributed by atoms with Crippen LogP contribution in [0.3, 0.4) is 0 Å². The van der Waals surface area contributed by atoms with Crippen LogP contribution in [0.5, 0.6) is 0 Å². The molecule has 1 aliphatic rings. The van der Waals surface area contributed by atoms with Crippen LogP contribution in [0.15, 0.2) is 60.8 Å². The number of benzene rings is 2. The van der Waals surface area contributed by atoms with E-state index in [1.807, 2.05) is 31.2 Å². The van der Waals surface area contributed by atoms with Crippen molar-refractivity contribution in [3.63, 3.8) is 0 Å². The predicted octanol–water partition coefficient (Wildman–Crippen LogP) is 6.34. The average Bonchev–Trinajstić information content (AvgIpc) is 3.25. The quantitative estimate of drug-likeness (QED) is 0.390. The Morgan fingerprint density at radius 1 is 1.18 bits per heavy atom. The minimum absolute atomic E-state index is 0.151. The van der Waals surface area contributed by atoms with Gasteiger partial charge in [-0.05, 0) is 43.5 Å². The molecule has 0 radical (unpaired) electrons. The van der Waals surface area contributed by atoms with Crippen molar-refractivity contribution in [1.29, 1.82) is 0 Å². The van der Waals surface area contributed by atoms with Crippen molar-refractivity contribution in [2.24, 2.45) is 0 Å². The highest BCUT2D eigenvalue weighted by Gasteiger charge is 2.47. The number of aromatic nitrogens is 2. The van der Waals surface area contributed by atoms with E-state index in [1.54, 1.807) is 24.3 Å². The number of ketones is 1. The summed E-state index contributed by atoms with van der Waals surface area (Å²) in [4.78, 5) is 15.2. The van der Waals surface area contributed by atoms with Gasteiger partial charge in [0.05, 0.1) is 17.8 Å². The lowest BCUT2D eigenvalue weighted by Gasteiger charge is -2.34. The Bertz CT molecular complexity index is 1130. The fraction of sp³-hybridized carbons (Fsp3) is 0.385. The Morgan fingerprint density at radius 3 is 2.62 bits per heavy atom. The number of hydrogen-bond acceptors (Lipinski definition) is 4. The first-order valence-corrected chi connectivity index (χ1v) is 11.6. The molecule has 2 heterocycles. The van der Waals surface area contributed by atoms with Gasteiger partial charge in [0.25, 0.3) is 0 Å². The summed E-state index contributed by atoms with van der Waals surface area (Å²) in [6.45, 7) is 5.58. The molecule has 2 atom stereocenters. The summed E-state index contributed by atoms with van der Waals surface area (Å²) in [6, 6.07) is 14.8. The van der Waals surface area contributed by atoms with Crippen LogP contribution in [0.1, 0.15) is 59.8 Å². The molecule has 0 amide bonds. The molecule has 180 valence electrons. The number of fused-ring (bicyclic) bond motifs is 1. The Labute approximate surface area is 197 Å². The molecule has 5 nitrogen and oxygen atoms in total. The van der Waals surface area contributed by atoms with Gasteiger partial charge in [0.1, 0.15) is 5.82 Å². The number of rotatable bonds is 8. The summed E-state index contributed by atoms with van der Waals surface area (Å²) >= 11 is 0. The molecule has 0 fully saturated rings. The van der Waals surface area contributed by atoms with Crippen LogP contribution in [0, 0.1) is 6.92 Å². The van der Waals surface area contributed by atoms with Crippen molar-refractivity contribution in [2.75, 3.05) is 23.3 Å². The summed E-state index contributed by atoms with van der Waals surface area (Å²) in [5.74, 6) is -0.0536. The topological polar surface area (TPSA) is 50.2 Å². The van der Waals surface area contributed by atoms with E-state index in [1.165, 1.54) is 6.20 Å². The molecule has 3 aromatic rings. The van der Waals surface area contributed by atoms with Gasteiger partial charge in [-0.1, -0.05) is 42.5 Å². The smallest absolute Gasteiger partial charge is 0.372 e. The van der Waals surface area contributed by atoms with Crippen LogP contribution >= 0.6 is 0 Å². The molecule has 2 aromatic carbocycles. The molecule has 8 heteroatoms. The SMILES string of the molecule is CCN(CCCC(=O)c1cnn2c1NC(c1ccccc1)CC2C(F)(F)F)c1cccc(C)c1. The fourth-order valence-electron chi connectivity index (χ4n) is 4.53. The van der Waals surface area contributed by atoms with Crippen molar-refractivity contribution >= 4 is 17.3 Å². The first-order valence-electron chi connectivity index (χ1n) is 11.6. The Kier molecular flexibility index (Phi) is 6.95. The second kappa shape index (κ2) is 9.91. The maximum atomic E-state index is 13.9. The second-order valence-electron chi connectivity index (χ2n) is 8.70. The normalized spacial score (nSPS) is 17.7. The summed E-state index contributed by atoms with van der Waals surface area (Å²) in [5.41, 5.74) is 3.22. The minimum Gasteiger partial charge on any atom is -0.372 e. The van der Waals surface area contributed by atoms with Crippen molar-refractivity contribution in [2.45, 2.75) is 51.4 Å². The zero-order chi connectivity index (χ0) is 24.3. The summed E-state index contributed by atoms with van der Waals surface area (Å²) in [7, 11) is 0. The number of nitrogens with zero attached hydrogens (tertiary/aromatic N) is 3. The van der Waals surface area contributed by atoms with Gasteiger partial charge < -0.3 is 10.2 Å². The molecule has 0 saturated carbocycles. The third-order valence-electron chi connectivity index (χ3n) is 6.32. The minimum atomic E-state index is -4.47. The third-order valence-corrected chi connectivity index (χ3v) is 6.32. The summed E-state index contributed by atoms with van der Waals surface area (Å²) in [6.07, 6.45) is -2.55. The van der Waals surface area contributed by atoms with Crippen LogP contribution in [0.4, 0.5) is 24.7 Å². The van der Waals surface area contributed by atoms with Crippen molar-refractivity contribution < 1.29 is 18.0 Å². The molecule has 0 bridgehead atoms. The summed E-state index contributed by atoms with van der Waals surface area (Å²) < 4.78 is 42.5. The number of anilines is 2. The molecule has 1 aliphatic heterocycles. The lowest BCUT2D eigenvalue weighted by molar-refractivity contribution is -0.173. The lowest BCUT2D eigenvalue weighted by atomic mass is 9.96. The fourth-order valence-corrected chi connectivity index (χ4v) is 4.53. The maximum Gasteiger partial charge on any atom is 0.410 e. The highest BCUT2D eigenvalue weighted by molar-refractivity contribution is 6.00. The van der Waals surface area contributed by atoms with Crippen molar-refractivity contribution in [1.82, 2.24) is 9.78 Å². The number of carbonyl (C=O) groups is 1. The van der Waals surface area contributed by atoms with E-state index in [4.69, 9.17) is 0 Å². The zero-order valence-electron chi connectivity index (χ0n) is 19.3. The molecular formula is C26H29F3N4O. The molecule has 1 aromatic heterocycles. The number of Topliss-reactive ketones (excluding diaryl/α,β-unsaturated/α-hetero) is 1. The molecular weight excluding hydrogens is 441 g/mol. The molecule has 2 unspecified atom stereocenters. The van der Waals surface area contributed by atoms with E-state index in [0.29, 0.717) is 13.0 Å². The molecule has 4 rings (SSSR count). The number of nitrogens with one attached hydrogen (secondary N) is 1. The lowest BCUT2D eigenvalue weighted by Crippen LogP contribution is -2.36. The monoisotopic (exact) mass is 470 g/mol. The molecule has 0 saturated heterocycles. The third kappa shape index (κ3) is 5.11. The number of halogens is 3. The van der Waals surface area contributed by atoms with E-state index in [9.17, 15) is 18.0 Å². The first kappa shape index (κ1) is 23.9. The van der Waals surface area contributed by atoms with Crippen LogP contribution in [-0.2, 0) is 0 Å². The van der Waals surface area contributed by atoms with E-state index in [-0.39, 0.29) is 30.0 Å². The molecule has 34 heavy (non-hydrogen) atoms. The molecule has 0 aliphatic carbocycles. The van der Waals surface area contributed by atoms with Crippen LogP contribution in [0.2, 0.25) is 0 Å². The van der Waals surface area contributed by atoms with Crippen LogP contribution in [-0.4, -0.2) is 34.8 Å². The standard InChI is InChI=1S/C26H29F3N4O/c1-3-32(20-12-7-9-18(2)15-20)14-8-13-23(34)21-17-30-33-24(26(27,28)29)16-22(31-25(21)33)19-10-5-4-6-11-19/h4-7,9-12,15,17,22,24,31H,3,8,13-14,16H2,1-2H3. The largest absolute Gasteiger partial charge is 0.410 e. The Morgan fingerprint density at radius 2 is 1.94 bits per heavy atom. The van der Waals surface area contributed by atoms with Crippen molar-refractivity contribution in [3.8, 4) is 0 Å². The van der Waals surface area contributed by atoms with E-state index in [0.717, 1.165) is 28.0 Å². The number of alkyl halides is 3. The second-order valence-corrected chi connectivity index (χ2v) is 8.70. The van der Waals surface area contributed by atoms with Gasteiger partial charge in [-0.15, -0.1) is 0 Å². The first-order chi connectivity index (χ1) is 16.3. The Hall–Kier alpha value is -3.29. The highest BCUT2D eigenvalue weighted by atomic mass is 19.4. The Balaban J connectivity index is 1.50. The molecule has 0 spiro atoms. The van der Waals surface area contributed by atoms with E-state index < -0.39 is 18.3 Å². The average molecular weight is 471 g/mol. The van der Waals surface area contributed by atoms with Gasteiger partial charge in [-0.2, -0.15) is 18.3 Å². The number of hydrogen-bond donors (Lipinski definition) is 1. The van der Waals surface area contributed by atoms with Crippen molar-refractivity contribution in [3.05, 3.63) is 77.5 Å². The van der Waals surface area contributed by atoms with Gasteiger partial charge in [-0.25, -0.2) is 4.68 Å². The number of carbonyl (C=O) groups excluding carboxylic acids is 1. The maximum absolute atomic E-state index is 13.9. The van der Waals surface area contributed by atoms with Gasteiger partial charge >= 0.3 is 6.18 Å². The van der Waals surface area contributed by atoms with Crippen LogP contribution < -0.4 is 10.2 Å².